The van der Waals surface area contributed by atoms with Crippen LogP contribution in [0.5, 0.6) is 0 Å². The number of carbonyl (C=O) groups is 1. The average molecular weight is 1840 g/mol. The van der Waals surface area contributed by atoms with Gasteiger partial charge in [-0.2, -0.15) is 0 Å². The fourth-order valence-corrected chi connectivity index (χ4v) is 19.1. The van der Waals surface area contributed by atoms with Crippen LogP contribution in [0.4, 0.5) is 0 Å². The maximum atomic E-state index is 11.1. The minimum absolute atomic E-state index is 0.163. The first-order chi connectivity index (χ1) is 58.3. The Bertz CT molecular complexity index is 2930. The first kappa shape index (κ1) is 127. The van der Waals surface area contributed by atoms with Gasteiger partial charge in [0.15, 0.2) is 0 Å². The normalized spacial score (nSPS) is 25.6. The van der Waals surface area contributed by atoms with E-state index in [9.17, 15) is 9.90 Å². The summed E-state index contributed by atoms with van der Waals surface area (Å²) >= 11 is 0. The number of hydrogen-bond acceptors (Lipinski definition) is 15. The first-order valence-corrected chi connectivity index (χ1v) is 54.0. The number of ketones is 1. The molecule has 0 amide bonds. The molecular formula is C115H239N13O2. The maximum Gasteiger partial charge on any atom is 0.146 e. The van der Waals surface area contributed by atoms with Gasteiger partial charge in [0.25, 0.3) is 0 Å². The largest absolute Gasteiger partial charge is 0.388 e. The van der Waals surface area contributed by atoms with E-state index in [1.54, 1.807) is 0 Å². The van der Waals surface area contributed by atoms with E-state index in [0.717, 1.165) is 81.2 Å². The standard InChI is InChI=1S/C11H23N.3C10H21N.C9H17NO.2C9H19N.C8H17NO.3C8H17N.C8H15N.C7H15N/c1-10(2,3)12-8-6-11(4,5)7-9-12;1-9(2,3)11-7-6-10(4,5)8-11;1-9-6-5-7-11(8-9)10(2,3)4;1-5-9-7-6-8-11(9)10(2,3)4;1-9(2,3)10-6-4-5-8(11)7-10;2*1-8-5-6-10(7-8)9(2,3)4;1-7(2,3)9-5-8(4,10)6-9;2*1-7-5-9(6-7)8(2,3)4;2*1-8(2,3)9-6-4-5-7-9;1-7(2,3)8-5-4-6-8/h6-9H2,1-5H3;6-8H2,1-5H3;2*9H,5-8H2,1-4H3;4-7H2,1-3H3;2*8H,5-7H2,1-4H3;10H,5-6H2,1-4H3;2*7H,5-6H2,1-4H3;4-7H2,1-3H3;4-5H,6-7H2,1-3H3;4-6H2,1-3H3. The summed E-state index contributed by atoms with van der Waals surface area (Å²) in [6, 6.07) is 0.856. The van der Waals surface area contributed by atoms with Crippen molar-refractivity contribution < 1.29 is 9.90 Å². The molecule has 12 saturated heterocycles. The van der Waals surface area contributed by atoms with Crippen LogP contribution in [0.1, 0.15) is 442 Å². The fourth-order valence-electron chi connectivity index (χ4n) is 19.1. The van der Waals surface area contributed by atoms with Crippen LogP contribution >= 0.6 is 0 Å². The zero-order valence-electron chi connectivity index (χ0n) is 98.1. The molecule has 13 rings (SSSR count). The lowest BCUT2D eigenvalue weighted by atomic mass is 9.81. The molecular weight excluding hydrogens is 1600 g/mol. The smallest absolute Gasteiger partial charge is 0.146 e. The minimum Gasteiger partial charge on any atom is -0.388 e. The highest BCUT2D eigenvalue weighted by Gasteiger charge is 2.43. The predicted octanol–water partition coefficient (Wildman–Crippen LogP) is 25.7. The Labute approximate surface area is 816 Å². The molecule has 0 aliphatic carbocycles. The van der Waals surface area contributed by atoms with E-state index in [-0.39, 0.29) is 11.1 Å². The number of hydrogen-bond donors (Lipinski definition) is 1. The molecule has 0 aromatic heterocycles. The molecule has 4 atom stereocenters. The van der Waals surface area contributed by atoms with Crippen molar-refractivity contribution in [1.82, 2.24) is 63.7 Å². The number of rotatable bonds is 1. The summed E-state index contributed by atoms with van der Waals surface area (Å²) in [7, 11) is 0. The third-order valence-corrected chi connectivity index (χ3v) is 29.6. The van der Waals surface area contributed by atoms with Gasteiger partial charge in [-0.25, -0.2) is 0 Å². The topological polar surface area (TPSA) is 79.4 Å². The maximum absolute atomic E-state index is 11.1. The van der Waals surface area contributed by atoms with E-state index in [4.69, 9.17) is 0 Å². The number of β-amino-alcohol motifs (C(OH)–C–C–N with tert-alkyl or cyclic N) is 1. The van der Waals surface area contributed by atoms with Gasteiger partial charge in [-0.15, -0.1) is 0 Å². The van der Waals surface area contributed by atoms with Gasteiger partial charge in [-0.05, 0) is 486 Å². The summed E-state index contributed by atoms with van der Waals surface area (Å²) in [6.45, 7) is 144. The van der Waals surface area contributed by atoms with Gasteiger partial charge < -0.3 is 5.11 Å². The van der Waals surface area contributed by atoms with E-state index in [1.165, 1.54) is 208 Å². The van der Waals surface area contributed by atoms with Crippen LogP contribution in [-0.4, -0.2) is 322 Å². The SMILES string of the molecule is CC(C)(C)N1CC=CC1.CC(C)(C)N1CCC1.CC(C)(C)N1CCCC(=O)C1.CC(C)(C)N1CCCC1.CC1(C)CCN(C(C)(C)C)C1.CC1(C)CCN(C(C)(C)C)CC1.CC1(O)CN(C(C)(C)C)C1.CC1CCCN(C(C)(C)C)C1.CC1CCN(C(C)(C)C)C1.CC1CCN(C(C)(C)C)C1.CC1CN(C(C)(C)C)C1.CC1CN(C(C)(C)C)C1.CCC1CCCN1C(C)(C)C. The van der Waals surface area contributed by atoms with Gasteiger partial charge in [0.2, 0.25) is 0 Å². The zero-order valence-corrected chi connectivity index (χ0v) is 98.1. The van der Waals surface area contributed by atoms with Gasteiger partial charge in [0, 0.05) is 163 Å². The molecule has 130 heavy (non-hydrogen) atoms. The lowest BCUT2D eigenvalue weighted by Crippen LogP contribution is -2.65. The van der Waals surface area contributed by atoms with Crippen molar-refractivity contribution in [3.8, 4) is 0 Å². The molecule has 0 radical (unpaired) electrons. The van der Waals surface area contributed by atoms with Gasteiger partial charge in [0.1, 0.15) is 5.78 Å². The third kappa shape index (κ3) is 52.4. The summed E-state index contributed by atoms with van der Waals surface area (Å²) in [6.07, 6.45) is 24.2. The molecule has 0 aromatic rings. The summed E-state index contributed by atoms with van der Waals surface area (Å²) in [5.41, 5.74) is 5.41. The Morgan fingerprint density at radius 2 is 0.562 bits per heavy atom. The van der Waals surface area contributed by atoms with Crippen molar-refractivity contribution in [2.75, 3.05) is 164 Å². The van der Waals surface area contributed by atoms with Gasteiger partial charge in [-0.3, -0.25) is 68.5 Å². The van der Waals surface area contributed by atoms with Crippen LogP contribution in [0.25, 0.3) is 0 Å². The second-order valence-electron chi connectivity index (χ2n) is 57.8. The van der Waals surface area contributed by atoms with Crippen LogP contribution in [0, 0.1) is 40.4 Å². The van der Waals surface area contributed by atoms with Gasteiger partial charge >= 0.3 is 0 Å². The van der Waals surface area contributed by atoms with E-state index in [0.29, 0.717) is 84.1 Å². The highest BCUT2D eigenvalue weighted by atomic mass is 16.3. The monoisotopic (exact) mass is 1830 g/mol. The molecule has 12 fully saturated rings. The van der Waals surface area contributed by atoms with Crippen LogP contribution in [-0.2, 0) is 4.79 Å². The molecule has 13 aliphatic rings. The average Bonchev–Trinajstić information content (AvgIpc) is 0.988. The molecule has 15 nitrogen and oxygen atoms in total. The van der Waals surface area contributed by atoms with Gasteiger partial charge in [-0.1, -0.05) is 81.4 Å². The third-order valence-electron chi connectivity index (χ3n) is 29.6. The Morgan fingerprint density at radius 1 is 0.277 bits per heavy atom. The summed E-state index contributed by atoms with van der Waals surface area (Å²) in [5.74, 6) is 5.00. The predicted molar refractivity (Wildman–Crippen MR) is 579 cm³/mol. The number of piperidine rings is 3. The van der Waals surface area contributed by atoms with Crippen molar-refractivity contribution >= 4 is 5.78 Å². The highest BCUT2D eigenvalue weighted by Crippen LogP contribution is 2.37. The van der Waals surface area contributed by atoms with E-state index in [2.05, 4.69) is 415 Å². The van der Waals surface area contributed by atoms with Crippen molar-refractivity contribution in [3.05, 3.63) is 12.2 Å². The molecule has 0 bridgehead atoms. The second kappa shape index (κ2) is 53.1. The van der Waals surface area contributed by atoms with Crippen molar-refractivity contribution in [2.45, 2.75) is 526 Å². The lowest BCUT2D eigenvalue weighted by Gasteiger charge is -2.51. The van der Waals surface area contributed by atoms with Crippen molar-refractivity contribution in [2.24, 2.45) is 40.4 Å². The Morgan fingerprint density at radius 3 is 0.762 bits per heavy atom. The summed E-state index contributed by atoms with van der Waals surface area (Å²) in [5, 5.41) is 9.41. The number of Topliss-reactive ketones (excluding diaryl/α,β-unsaturated/α-hetero) is 1. The zero-order chi connectivity index (χ0) is 101. The van der Waals surface area contributed by atoms with E-state index in [1.807, 2.05) is 6.92 Å². The second-order valence-corrected chi connectivity index (χ2v) is 57.8. The van der Waals surface area contributed by atoms with Crippen LogP contribution in [0.2, 0.25) is 0 Å². The minimum atomic E-state index is -0.423. The summed E-state index contributed by atoms with van der Waals surface area (Å²) in [4.78, 5) is 43.7. The Balaban J connectivity index is 0.000000705. The molecule has 1 N–H and O–H groups in total. The van der Waals surface area contributed by atoms with E-state index >= 15 is 0 Å². The number of aliphatic hydroxyl groups is 1. The van der Waals surface area contributed by atoms with Crippen LogP contribution in [0.3, 0.4) is 0 Å². The molecule has 0 saturated carbocycles. The van der Waals surface area contributed by atoms with Crippen LogP contribution in [0.15, 0.2) is 12.2 Å². The Kier molecular flexibility index (Phi) is 51.8. The molecule has 15 heteroatoms. The molecule has 776 valence electrons. The quantitative estimate of drug-likeness (QED) is 0.253. The summed E-state index contributed by atoms with van der Waals surface area (Å²) < 4.78 is 0. The lowest BCUT2D eigenvalue weighted by molar-refractivity contribution is -0.123. The highest BCUT2D eigenvalue weighted by molar-refractivity contribution is 5.81. The molecule has 13 aliphatic heterocycles. The van der Waals surface area contributed by atoms with Crippen molar-refractivity contribution in [1.29, 1.82) is 0 Å². The molecule has 0 spiro atoms. The number of carbonyl (C=O) groups excluding carboxylic acids is 1. The number of nitrogens with zero attached hydrogens (tertiary/aromatic N) is 13. The number of likely N-dealkylation sites (tertiary alicyclic amines) is 12. The molecule has 4 unspecified atom stereocenters. The molecule has 0 aromatic carbocycles. The van der Waals surface area contributed by atoms with Crippen LogP contribution < -0.4 is 0 Å². The van der Waals surface area contributed by atoms with Crippen molar-refractivity contribution in [3.63, 3.8) is 0 Å². The Hall–Kier alpha value is -1.15. The van der Waals surface area contributed by atoms with Gasteiger partial charge in [0.05, 0.1) is 12.1 Å². The first-order valence-electron chi connectivity index (χ1n) is 54.0. The molecule has 13 heterocycles. The fraction of sp³-hybridized carbons (Fsp3) is 0.974. The van der Waals surface area contributed by atoms with E-state index < -0.39 is 5.60 Å².